The smallest absolute Gasteiger partial charge is 0.295 e. The molecular weight excluding hydrogens is 312 g/mol. The van der Waals surface area contributed by atoms with Gasteiger partial charge in [0.1, 0.15) is 5.82 Å². The lowest BCUT2D eigenvalue weighted by Gasteiger charge is -2.14. The molecule has 0 amide bonds. The highest BCUT2D eigenvalue weighted by molar-refractivity contribution is 6.06. The summed E-state index contributed by atoms with van der Waals surface area (Å²) in [5.74, 6) is -2.08. The van der Waals surface area contributed by atoms with Crippen LogP contribution in [0, 0.1) is 5.82 Å². The molecule has 0 bridgehead atoms. The van der Waals surface area contributed by atoms with Gasteiger partial charge in [0, 0.05) is 18.4 Å². The van der Waals surface area contributed by atoms with Crippen LogP contribution in [0.2, 0.25) is 0 Å². The number of hydrogen-bond acceptors (Lipinski definition) is 2. The minimum absolute atomic E-state index is 0.200. The first kappa shape index (κ1) is 17.4. The van der Waals surface area contributed by atoms with Crippen molar-refractivity contribution in [3.8, 4) is 0 Å². The van der Waals surface area contributed by atoms with E-state index in [0.29, 0.717) is 25.3 Å². The number of rotatable bonds is 3. The van der Waals surface area contributed by atoms with Crippen molar-refractivity contribution in [3.05, 3.63) is 46.8 Å². The number of Topliss-reactive ketones (excluding diaryl/α,β-unsaturated/α-hetero) is 2. The van der Waals surface area contributed by atoms with Gasteiger partial charge in [0.2, 0.25) is 0 Å². The molecule has 0 fully saturated rings. The van der Waals surface area contributed by atoms with Crippen LogP contribution in [0.3, 0.4) is 0 Å². The summed E-state index contributed by atoms with van der Waals surface area (Å²) >= 11 is 0. The largest absolute Gasteiger partial charge is 0.417 e. The Morgan fingerprint density at radius 3 is 2.57 bits per heavy atom. The summed E-state index contributed by atoms with van der Waals surface area (Å²) in [5.41, 5.74) is -1.65. The first-order valence-electron chi connectivity index (χ1n) is 7.41. The molecule has 0 radical (unpaired) electrons. The molecule has 0 unspecified atom stereocenters. The van der Waals surface area contributed by atoms with Crippen LogP contribution in [-0.4, -0.2) is 11.6 Å². The van der Waals surface area contributed by atoms with Gasteiger partial charge in [-0.3, -0.25) is 9.59 Å². The molecule has 6 heteroatoms. The Labute approximate surface area is 131 Å². The number of carbonyl (C=O) groups is 2. The fourth-order valence-corrected chi connectivity index (χ4v) is 2.59. The average molecular weight is 328 g/mol. The third-order valence-corrected chi connectivity index (χ3v) is 3.80. The second-order valence-corrected chi connectivity index (χ2v) is 5.54. The molecule has 23 heavy (non-hydrogen) atoms. The summed E-state index contributed by atoms with van der Waals surface area (Å²) in [6, 6.07) is 1.95. The van der Waals surface area contributed by atoms with Crippen LogP contribution >= 0.6 is 0 Å². The SMILES string of the molecule is O=C1CCCCC/C=C\1CC(=O)c1ccc(F)cc1C(F)(F)F. The molecule has 124 valence electrons. The molecule has 0 N–H and O–H groups in total. The zero-order valence-corrected chi connectivity index (χ0v) is 12.4. The van der Waals surface area contributed by atoms with Gasteiger partial charge >= 0.3 is 6.18 Å². The maximum absolute atomic E-state index is 13.1. The van der Waals surface area contributed by atoms with Crippen molar-refractivity contribution in [2.75, 3.05) is 0 Å². The van der Waals surface area contributed by atoms with E-state index in [4.69, 9.17) is 0 Å². The van der Waals surface area contributed by atoms with Crippen molar-refractivity contribution in [2.24, 2.45) is 0 Å². The first-order valence-corrected chi connectivity index (χ1v) is 7.41. The zero-order valence-electron chi connectivity index (χ0n) is 12.4. The van der Waals surface area contributed by atoms with Crippen LogP contribution in [0.25, 0.3) is 0 Å². The fourth-order valence-electron chi connectivity index (χ4n) is 2.59. The molecule has 0 saturated heterocycles. The second kappa shape index (κ2) is 7.06. The summed E-state index contributed by atoms with van der Waals surface area (Å²) < 4.78 is 52.0. The van der Waals surface area contributed by atoms with E-state index in [2.05, 4.69) is 0 Å². The van der Waals surface area contributed by atoms with E-state index in [0.717, 1.165) is 25.0 Å². The van der Waals surface area contributed by atoms with Crippen LogP contribution in [0.4, 0.5) is 17.6 Å². The number of carbonyl (C=O) groups excluding carboxylic acids is 2. The van der Waals surface area contributed by atoms with Gasteiger partial charge in [0.15, 0.2) is 11.6 Å². The summed E-state index contributed by atoms with van der Waals surface area (Å²) in [6.45, 7) is 0. The maximum Gasteiger partial charge on any atom is 0.417 e. The maximum atomic E-state index is 13.1. The van der Waals surface area contributed by atoms with Gasteiger partial charge < -0.3 is 0 Å². The van der Waals surface area contributed by atoms with Gasteiger partial charge in [-0.2, -0.15) is 13.2 Å². The van der Waals surface area contributed by atoms with Crippen molar-refractivity contribution in [1.29, 1.82) is 0 Å². The van der Waals surface area contributed by atoms with Crippen LogP contribution in [-0.2, 0) is 11.0 Å². The first-order chi connectivity index (χ1) is 10.8. The molecule has 1 aliphatic carbocycles. The van der Waals surface area contributed by atoms with E-state index >= 15 is 0 Å². The summed E-state index contributed by atoms with van der Waals surface area (Å²) in [4.78, 5) is 24.2. The Morgan fingerprint density at radius 1 is 1.13 bits per heavy atom. The van der Waals surface area contributed by atoms with Gasteiger partial charge in [0.25, 0.3) is 0 Å². The highest BCUT2D eigenvalue weighted by Crippen LogP contribution is 2.33. The van der Waals surface area contributed by atoms with Crippen LogP contribution in [0.15, 0.2) is 29.8 Å². The highest BCUT2D eigenvalue weighted by atomic mass is 19.4. The predicted molar refractivity (Wildman–Crippen MR) is 76.5 cm³/mol. The monoisotopic (exact) mass is 328 g/mol. The van der Waals surface area contributed by atoms with E-state index in [9.17, 15) is 27.2 Å². The molecule has 0 saturated carbocycles. The van der Waals surface area contributed by atoms with E-state index < -0.39 is 28.9 Å². The van der Waals surface area contributed by atoms with E-state index in [-0.39, 0.29) is 17.8 Å². The standard InChI is InChI=1S/C17H16F4O2/c18-12-7-8-13(14(10-12)17(19,20)21)16(23)9-11-5-3-1-2-4-6-15(11)22/h5,7-8,10H,1-4,6,9H2/b11-5-. The quantitative estimate of drug-likeness (QED) is 0.585. The molecule has 0 spiro atoms. The topological polar surface area (TPSA) is 34.1 Å². The zero-order chi connectivity index (χ0) is 17.0. The molecular formula is C17H16F4O2. The van der Waals surface area contributed by atoms with Gasteiger partial charge in [-0.05, 0) is 43.0 Å². The minimum Gasteiger partial charge on any atom is -0.295 e. The number of ketones is 2. The van der Waals surface area contributed by atoms with E-state index in [1.54, 1.807) is 6.08 Å². The number of benzene rings is 1. The third-order valence-electron chi connectivity index (χ3n) is 3.80. The van der Waals surface area contributed by atoms with Gasteiger partial charge in [-0.15, -0.1) is 0 Å². The van der Waals surface area contributed by atoms with Crippen LogP contribution in [0.1, 0.15) is 54.4 Å². The molecule has 2 rings (SSSR count). The molecule has 1 aliphatic rings. The van der Waals surface area contributed by atoms with Gasteiger partial charge in [-0.25, -0.2) is 4.39 Å². The van der Waals surface area contributed by atoms with E-state index in [1.807, 2.05) is 0 Å². The summed E-state index contributed by atoms with van der Waals surface area (Å²) in [6.07, 6.45) is -0.127. The molecule has 1 aromatic carbocycles. The molecule has 0 aliphatic heterocycles. The van der Waals surface area contributed by atoms with Crippen LogP contribution in [0.5, 0.6) is 0 Å². The van der Waals surface area contributed by atoms with Crippen molar-refractivity contribution < 1.29 is 27.2 Å². The lowest BCUT2D eigenvalue weighted by atomic mass is 9.92. The fraction of sp³-hybridized carbons (Fsp3) is 0.412. The number of halogens is 4. The highest BCUT2D eigenvalue weighted by Gasteiger charge is 2.35. The van der Waals surface area contributed by atoms with E-state index in [1.165, 1.54) is 0 Å². The Bertz CT molecular complexity index is 644. The normalized spacial score (nSPS) is 18.8. The van der Waals surface area contributed by atoms with Gasteiger partial charge in [-0.1, -0.05) is 12.5 Å². The summed E-state index contributed by atoms with van der Waals surface area (Å²) in [7, 11) is 0. The molecule has 0 atom stereocenters. The summed E-state index contributed by atoms with van der Waals surface area (Å²) in [5, 5.41) is 0. The number of hydrogen-bond donors (Lipinski definition) is 0. The number of allylic oxidation sites excluding steroid dienone is 2. The van der Waals surface area contributed by atoms with Crippen LogP contribution < -0.4 is 0 Å². The average Bonchev–Trinajstić information content (AvgIpc) is 2.46. The molecule has 0 aromatic heterocycles. The van der Waals surface area contributed by atoms with Crippen molar-refractivity contribution in [1.82, 2.24) is 0 Å². The van der Waals surface area contributed by atoms with Crippen molar-refractivity contribution >= 4 is 11.6 Å². The molecule has 2 nitrogen and oxygen atoms in total. The minimum atomic E-state index is -4.83. The lowest BCUT2D eigenvalue weighted by molar-refractivity contribution is -0.138. The molecule has 1 aromatic rings. The van der Waals surface area contributed by atoms with Crippen molar-refractivity contribution in [3.63, 3.8) is 0 Å². The Kier molecular flexibility index (Phi) is 5.34. The molecule has 0 heterocycles. The Hall–Kier alpha value is -1.98. The third kappa shape index (κ3) is 4.50. The van der Waals surface area contributed by atoms with Crippen molar-refractivity contribution in [2.45, 2.75) is 44.7 Å². The Morgan fingerprint density at radius 2 is 1.87 bits per heavy atom. The number of alkyl halides is 3. The second-order valence-electron chi connectivity index (χ2n) is 5.54. The van der Waals surface area contributed by atoms with Gasteiger partial charge in [0.05, 0.1) is 5.56 Å². The Balaban J connectivity index is 2.28. The predicted octanol–water partition coefficient (Wildman–Crippen LogP) is 4.88. The lowest BCUT2D eigenvalue weighted by Crippen LogP contribution is -2.16.